The third kappa shape index (κ3) is 3.55. The van der Waals surface area contributed by atoms with E-state index >= 15 is 0 Å². The van der Waals surface area contributed by atoms with E-state index in [2.05, 4.69) is 16.4 Å². The van der Waals surface area contributed by atoms with Crippen LogP contribution in [0.15, 0.2) is 6.33 Å². The molecule has 1 unspecified atom stereocenters. The maximum atomic E-state index is 9.21. The van der Waals surface area contributed by atoms with Crippen LogP contribution in [0.1, 0.15) is 38.1 Å². The smallest absolute Gasteiger partial charge is 0.176 e. The molecule has 1 aromatic rings. The van der Waals surface area contributed by atoms with E-state index in [1.165, 1.54) is 6.33 Å². The molecule has 0 saturated heterocycles. The molecular formula is C13H16N6. The van der Waals surface area contributed by atoms with Crippen LogP contribution in [-0.2, 0) is 6.54 Å². The maximum Gasteiger partial charge on any atom is 0.176 e. The average Bonchev–Trinajstić information content (AvgIpc) is 2.85. The third-order valence-corrected chi connectivity index (χ3v) is 2.91. The Morgan fingerprint density at radius 1 is 1.37 bits per heavy atom. The fourth-order valence-corrected chi connectivity index (χ4v) is 1.68. The van der Waals surface area contributed by atoms with Crippen LogP contribution in [0, 0.1) is 34.0 Å². The quantitative estimate of drug-likeness (QED) is 0.826. The highest BCUT2D eigenvalue weighted by atomic mass is 15.1. The second-order valence-electron chi connectivity index (χ2n) is 4.48. The van der Waals surface area contributed by atoms with Gasteiger partial charge in [-0.2, -0.15) is 15.8 Å². The number of hydrogen-bond donors (Lipinski definition) is 1. The second kappa shape index (κ2) is 6.54. The Bertz CT molecular complexity index is 553. The summed E-state index contributed by atoms with van der Waals surface area (Å²) in [5, 5.41) is 30.2. The highest BCUT2D eigenvalue weighted by Crippen LogP contribution is 2.13. The molecule has 19 heavy (non-hydrogen) atoms. The Labute approximate surface area is 112 Å². The topological polar surface area (TPSA) is 101 Å². The van der Waals surface area contributed by atoms with Gasteiger partial charge in [0.15, 0.2) is 11.4 Å². The number of nitrogens with one attached hydrogen (secondary N) is 1. The van der Waals surface area contributed by atoms with Crippen LogP contribution >= 0.6 is 0 Å². The van der Waals surface area contributed by atoms with Crippen LogP contribution in [0.3, 0.4) is 0 Å². The number of nitriles is 3. The molecule has 0 aliphatic carbocycles. The van der Waals surface area contributed by atoms with Crippen molar-refractivity contribution in [2.24, 2.45) is 0 Å². The van der Waals surface area contributed by atoms with Crippen molar-refractivity contribution in [1.82, 2.24) is 14.9 Å². The van der Waals surface area contributed by atoms with E-state index in [1.54, 1.807) is 4.57 Å². The monoisotopic (exact) mass is 256 g/mol. The zero-order valence-electron chi connectivity index (χ0n) is 11.1. The maximum absolute atomic E-state index is 9.21. The van der Waals surface area contributed by atoms with Gasteiger partial charge in [-0.05, 0) is 26.3 Å². The molecule has 0 aromatic carbocycles. The molecule has 0 aliphatic rings. The summed E-state index contributed by atoms with van der Waals surface area (Å²) >= 11 is 0. The van der Waals surface area contributed by atoms with E-state index in [4.69, 9.17) is 10.5 Å². The summed E-state index contributed by atoms with van der Waals surface area (Å²) in [6.07, 6.45) is 2.96. The normalized spacial score (nSPS) is 13.0. The van der Waals surface area contributed by atoms with Gasteiger partial charge in [-0.15, -0.1) is 0 Å². The molecule has 6 heteroatoms. The molecule has 0 spiro atoms. The van der Waals surface area contributed by atoms with Gasteiger partial charge < -0.3 is 4.57 Å². The molecule has 0 amide bonds. The van der Waals surface area contributed by atoms with E-state index in [0.29, 0.717) is 13.0 Å². The number of nitrogens with zero attached hydrogens (tertiary/aromatic N) is 5. The standard InChI is InChI=1S/C13H16N6/c1-3-5-18-13(2,9-16)4-6-19-10-17-11(7-14)12(19)8-15/h10,18H,3-6H2,1-2H3. The van der Waals surface area contributed by atoms with Crippen molar-refractivity contribution in [3.63, 3.8) is 0 Å². The molecule has 0 bridgehead atoms. The van der Waals surface area contributed by atoms with Gasteiger partial charge in [0.25, 0.3) is 0 Å². The molecule has 1 rings (SSSR count). The lowest BCUT2D eigenvalue weighted by Gasteiger charge is -2.23. The number of aromatic nitrogens is 2. The minimum Gasteiger partial charge on any atom is -0.321 e. The summed E-state index contributed by atoms with van der Waals surface area (Å²) in [7, 11) is 0. The van der Waals surface area contributed by atoms with Gasteiger partial charge in [-0.3, -0.25) is 5.32 Å². The SMILES string of the molecule is CCCNC(C)(C#N)CCn1cnc(C#N)c1C#N. The molecular weight excluding hydrogens is 240 g/mol. The fourth-order valence-electron chi connectivity index (χ4n) is 1.68. The predicted molar refractivity (Wildman–Crippen MR) is 68.6 cm³/mol. The van der Waals surface area contributed by atoms with Crippen molar-refractivity contribution >= 4 is 0 Å². The van der Waals surface area contributed by atoms with Gasteiger partial charge in [0.2, 0.25) is 0 Å². The first-order valence-corrected chi connectivity index (χ1v) is 6.11. The third-order valence-electron chi connectivity index (χ3n) is 2.91. The van der Waals surface area contributed by atoms with E-state index in [0.717, 1.165) is 13.0 Å². The van der Waals surface area contributed by atoms with Crippen molar-refractivity contribution in [3.05, 3.63) is 17.7 Å². The van der Waals surface area contributed by atoms with Gasteiger partial charge in [-0.25, -0.2) is 4.98 Å². The molecule has 1 aromatic heterocycles. The van der Waals surface area contributed by atoms with Gasteiger partial charge in [-0.1, -0.05) is 6.92 Å². The summed E-state index contributed by atoms with van der Waals surface area (Å²) in [5.74, 6) is 0. The van der Waals surface area contributed by atoms with E-state index < -0.39 is 5.54 Å². The molecule has 0 fully saturated rings. The number of aryl methyl sites for hydroxylation is 1. The Kier molecular flexibility index (Phi) is 5.06. The highest BCUT2D eigenvalue weighted by Gasteiger charge is 2.23. The molecule has 98 valence electrons. The largest absolute Gasteiger partial charge is 0.321 e. The highest BCUT2D eigenvalue weighted by molar-refractivity contribution is 5.36. The van der Waals surface area contributed by atoms with Gasteiger partial charge in [0.05, 0.1) is 12.4 Å². The van der Waals surface area contributed by atoms with Crippen LogP contribution in [0.25, 0.3) is 0 Å². The van der Waals surface area contributed by atoms with Crippen LogP contribution in [0.4, 0.5) is 0 Å². The Morgan fingerprint density at radius 2 is 2.11 bits per heavy atom. The van der Waals surface area contributed by atoms with Crippen molar-refractivity contribution in [2.75, 3.05) is 6.54 Å². The summed E-state index contributed by atoms with van der Waals surface area (Å²) in [4.78, 5) is 3.87. The summed E-state index contributed by atoms with van der Waals surface area (Å²) in [6.45, 7) is 5.10. The first-order chi connectivity index (χ1) is 9.10. The van der Waals surface area contributed by atoms with Crippen molar-refractivity contribution in [1.29, 1.82) is 15.8 Å². The zero-order valence-corrected chi connectivity index (χ0v) is 11.1. The van der Waals surface area contributed by atoms with E-state index in [1.807, 2.05) is 26.0 Å². The Balaban J connectivity index is 2.77. The van der Waals surface area contributed by atoms with Crippen LogP contribution in [0.5, 0.6) is 0 Å². The van der Waals surface area contributed by atoms with Crippen molar-refractivity contribution < 1.29 is 0 Å². The first-order valence-electron chi connectivity index (χ1n) is 6.11. The average molecular weight is 256 g/mol. The minimum atomic E-state index is -0.639. The zero-order chi connectivity index (χ0) is 14.3. The molecule has 0 saturated carbocycles. The fraction of sp³-hybridized carbons (Fsp3) is 0.538. The second-order valence-corrected chi connectivity index (χ2v) is 4.48. The predicted octanol–water partition coefficient (Wildman–Crippen LogP) is 1.30. The number of hydrogen-bond acceptors (Lipinski definition) is 5. The Morgan fingerprint density at radius 3 is 2.63 bits per heavy atom. The van der Waals surface area contributed by atoms with Crippen molar-refractivity contribution in [2.45, 2.75) is 38.8 Å². The van der Waals surface area contributed by atoms with Crippen molar-refractivity contribution in [3.8, 4) is 18.2 Å². The van der Waals surface area contributed by atoms with Crippen LogP contribution in [-0.4, -0.2) is 21.6 Å². The van der Waals surface area contributed by atoms with E-state index in [9.17, 15) is 5.26 Å². The summed E-state index contributed by atoms with van der Waals surface area (Å²) in [5.41, 5.74) is -0.263. The van der Waals surface area contributed by atoms with E-state index in [-0.39, 0.29) is 11.4 Å². The van der Waals surface area contributed by atoms with Gasteiger partial charge >= 0.3 is 0 Å². The summed E-state index contributed by atoms with van der Waals surface area (Å²) in [6, 6.07) is 6.09. The molecule has 0 aliphatic heterocycles. The lowest BCUT2D eigenvalue weighted by molar-refractivity contribution is 0.392. The minimum absolute atomic E-state index is 0.127. The summed E-state index contributed by atoms with van der Waals surface area (Å²) < 4.78 is 1.61. The molecule has 1 heterocycles. The lowest BCUT2D eigenvalue weighted by atomic mass is 9.99. The number of imidazole rings is 1. The van der Waals surface area contributed by atoms with Gasteiger partial charge in [0.1, 0.15) is 17.7 Å². The molecule has 0 radical (unpaired) electrons. The Hall–Kier alpha value is -2.36. The molecule has 6 nitrogen and oxygen atoms in total. The molecule has 1 atom stereocenters. The first kappa shape index (κ1) is 14.7. The molecule has 1 N–H and O–H groups in total. The lowest BCUT2D eigenvalue weighted by Crippen LogP contribution is -2.42. The van der Waals surface area contributed by atoms with Crippen LogP contribution in [0.2, 0.25) is 0 Å². The van der Waals surface area contributed by atoms with Crippen LogP contribution < -0.4 is 5.32 Å². The number of rotatable bonds is 6. The van der Waals surface area contributed by atoms with Gasteiger partial charge in [0, 0.05) is 6.54 Å².